The van der Waals surface area contributed by atoms with Gasteiger partial charge in [-0.1, -0.05) is 0 Å². The molecule has 7 nitrogen and oxygen atoms in total. The molecule has 0 aliphatic rings. The highest BCUT2D eigenvalue weighted by molar-refractivity contribution is 7.98. The third-order valence-corrected chi connectivity index (χ3v) is 2.55. The molecule has 3 amide bonds. The number of hydrogen-bond acceptors (Lipinski definition) is 4. The van der Waals surface area contributed by atoms with Crippen LogP contribution >= 0.6 is 11.8 Å². The Bertz CT molecular complexity index is 285. The Morgan fingerprint density at radius 3 is 2.47 bits per heavy atom. The average molecular weight is 263 g/mol. The highest BCUT2D eigenvalue weighted by Crippen LogP contribution is 2.00. The molecular formula is C9H17N3O4S. The van der Waals surface area contributed by atoms with E-state index in [1.54, 1.807) is 0 Å². The molecule has 0 saturated carbocycles. The van der Waals surface area contributed by atoms with Gasteiger partial charge in [0.1, 0.15) is 6.04 Å². The number of aliphatic carboxylic acids is 1. The molecule has 0 radical (unpaired) electrons. The van der Waals surface area contributed by atoms with Gasteiger partial charge < -0.3 is 21.1 Å². The molecule has 0 fully saturated rings. The predicted octanol–water partition coefficient (Wildman–Crippen LogP) is -0.762. The SMILES string of the molecule is CNC(=O)CNC(=O)NC(CCSC)C(=O)O. The molecule has 4 N–H and O–H groups in total. The lowest BCUT2D eigenvalue weighted by atomic mass is 10.2. The molecule has 0 aromatic heterocycles. The summed E-state index contributed by atoms with van der Waals surface area (Å²) in [6.45, 7) is -0.183. The van der Waals surface area contributed by atoms with Crippen molar-refractivity contribution in [1.82, 2.24) is 16.0 Å². The summed E-state index contributed by atoms with van der Waals surface area (Å²) < 4.78 is 0. The van der Waals surface area contributed by atoms with Crippen LogP contribution in [0.3, 0.4) is 0 Å². The zero-order valence-corrected chi connectivity index (χ0v) is 10.6. The van der Waals surface area contributed by atoms with Crippen molar-refractivity contribution in [3.8, 4) is 0 Å². The van der Waals surface area contributed by atoms with Crippen LogP contribution in [0.4, 0.5) is 4.79 Å². The molecule has 17 heavy (non-hydrogen) atoms. The maximum absolute atomic E-state index is 11.3. The minimum Gasteiger partial charge on any atom is -0.480 e. The van der Waals surface area contributed by atoms with E-state index >= 15 is 0 Å². The molecule has 0 bridgehead atoms. The van der Waals surface area contributed by atoms with Gasteiger partial charge in [-0.3, -0.25) is 4.79 Å². The number of nitrogens with one attached hydrogen (secondary N) is 3. The van der Waals surface area contributed by atoms with E-state index in [2.05, 4.69) is 16.0 Å². The largest absolute Gasteiger partial charge is 0.480 e. The van der Waals surface area contributed by atoms with Gasteiger partial charge in [0.15, 0.2) is 0 Å². The van der Waals surface area contributed by atoms with Gasteiger partial charge in [-0.2, -0.15) is 11.8 Å². The second-order valence-electron chi connectivity index (χ2n) is 3.17. The molecule has 8 heteroatoms. The average Bonchev–Trinajstić information content (AvgIpc) is 2.30. The van der Waals surface area contributed by atoms with Gasteiger partial charge in [0.2, 0.25) is 5.91 Å². The van der Waals surface area contributed by atoms with Gasteiger partial charge in [0, 0.05) is 7.05 Å². The van der Waals surface area contributed by atoms with Gasteiger partial charge in [-0.05, 0) is 18.4 Å². The first-order valence-corrected chi connectivity index (χ1v) is 6.37. The Morgan fingerprint density at radius 1 is 1.35 bits per heavy atom. The van der Waals surface area contributed by atoms with Gasteiger partial charge in [-0.25, -0.2) is 9.59 Å². The molecule has 0 heterocycles. The number of rotatable bonds is 7. The number of amides is 3. The lowest BCUT2D eigenvalue weighted by Crippen LogP contribution is -2.48. The third-order valence-electron chi connectivity index (χ3n) is 1.90. The van der Waals surface area contributed by atoms with E-state index in [4.69, 9.17) is 5.11 Å². The maximum Gasteiger partial charge on any atom is 0.326 e. The fourth-order valence-electron chi connectivity index (χ4n) is 0.951. The molecule has 0 aromatic carbocycles. The summed E-state index contributed by atoms with van der Waals surface area (Å²) in [6, 6.07) is -1.60. The van der Waals surface area contributed by atoms with Crippen LogP contribution in [0, 0.1) is 0 Å². The second kappa shape index (κ2) is 8.68. The zero-order chi connectivity index (χ0) is 13.3. The predicted molar refractivity (Wildman–Crippen MR) is 65.0 cm³/mol. The zero-order valence-electron chi connectivity index (χ0n) is 9.78. The lowest BCUT2D eigenvalue weighted by Gasteiger charge is -2.14. The fourth-order valence-corrected chi connectivity index (χ4v) is 1.42. The Kier molecular flexibility index (Phi) is 7.95. The summed E-state index contributed by atoms with van der Waals surface area (Å²) in [4.78, 5) is 32.9. The maximum atomic E-state index is 11.3. The lowest BCUT2D eigenvalue weighted by molar-refractivity contribution is -0.139. The first kappa shape index (κ1) is 15.6. The number of carbonyl (C=O) groups excluding carboxylic acids is 2. The Hall–Kier alpha value is -1.44. The normalized spacial score (nSPS) is 11.4. The number of likely N-dealkylation sites (N-methyl/N-ethyl adjacent to an activating group) is 1. The monoisotopic (exact) mass is 263 g/mol. The molecule has 0 saturated heterocycles. The number of carboxylic acid groups (broad SMARTS) is 1. The van der Waals surface area contributed by atoms with Gasteiger partial charge in [0.05, 0.1) is 6.54 Å². The van der Waals surface area contributed by atoms with E-state index in [0.29, 0.717) is 12.2 Å². The van der Waals surface area contributed by atoms with Crippen LogP contribution in [0.15, 0.2) is 0 Å². The van der Waals surface area contributed by atoms with Crippen LogP contribution in [0.25, 0.3) is 0 Å². The van der Waals surface area contributed by atoms with Crippen molar-refractivity contribution in [2.75, 3.05) is 25.6 Å². The second-order valence-corrected chi connectivity index (χ2v) is 4.16. The van der Waals surface area contributed by atoms with E-state index in [9.17, 15) is 14.4 Å². The topological polar surface area (TPSA) is 108 Å². The number of hydrogen-bond donors (Lipinski definition) is 4. The van der Waals surface area contributed by atoms with Gasteiger partial charge >= 0.3 is 12.0 Å². The minimum absolute atomic E-state index is 0.183. The summed E-state index contributed by atoms with van der Waals surface area (Å²) in [7, 11) is 1.44. The first-order valence-electron chi connectivity index (χ1n) is 4.98. The van der Waals surface area contributed by atoms with E-state index in [0.717, 1.165) is 0 Å². The van der Waals surface area contributed by atoms with Crippen LogP contribution < -0.4 is 16.0 Å². The standard InChI is InChI=1S/C9H17N3O4S/c1-10-7(13)5-11-9(16)12-6(8(14)15)3-4-17-2/h6H,3-5H2,1-2H3,(H,10,13)(H,14,15)(H2,11,12,16). The molecule has 98 valence electrons. The van der Waals surface area contributed by atoms with Crippen LogP contribution in [0.1, 0.15) is 6.42 Å². The summed E-state index contributed by atoms with van der Waals surface area (Å²) in [5, 5.41) is 15.7. The van der Waals surface area contributed by atoms with Crippen molar-refractivity contribution in [2.24, 2.45) is 0 Å². The van der Waals surface area contributed by atoms with E-state index in [-0.39, 0.29) is 12.5 Å². The number of thioether (sulfide) groups is 1. The summed E-state index contributed by atoms with van der Waals surface area (Å²) >= 11 is 1.50. The van der Waals surface area contributed by atoms with Crippen LogP contribution in [-0.2, 0) is 9.59 Å². The molecule has 0 aromatic rings. The number of urea groups is 1. The molecule has 0 aliphatic heterocycles. The fraction of sp³-hybridized carbons (Fsp3) is 0.667. The van der Waals surface area contributed by atoms with E-state index in [1.165, 1.54) is 18.8 Å². The van der Waals surface area contributed by atoms with Crippen LogP contribution in [0.2, 0.25) is 0 Å². The molecule has 0 rings (SSSR count). The van der Waals surface area contributed by atoms with Crippen molar-refractivity contribution < 1.29 is 19.5 Å². The third kappa shape index (κ3) is 7.45. The van der Waals surface area contributed by atoms with Crippen LogP contribution in [0.5, 0.6) is 0 Å². The van der Waals surface area contributed by atoms with Gasteiger partial charge in [-0.15, -0.1) is 0 Å². The van der Waals surface area contributed by atoms with Crippen LogP contribution in [-0.4, -0.2) is 54.7 Å². The van der Waals surface area contributed by atoms with E-state index in [1.807, 2.05) is 6.26 Å². The summed E-state index contributed by atoms with van der Waals surface area (Å²) in [5.41, 5.74) is 0. The molecule has 1 atom stereocenters. The molecule has 1 unspecified atom stereocenters. The van der Waals surface area contributed by atoms with Crippen molar-refractivity contribution in [1.29, 1.82) is 0 Å². The molecule has 0 aliphatic carbocycles. The first-order chi connectivity index (χ1) is 8.01. The highest BCUT2D eigenvalue weighted by atomic mass is 32.2. The van der Waals surface area contributed by atoms with Crippen molar-refractivity contribution in [3.63, 3.8) is 0 Å². The van der Waals surface area contributed by atoms with Crippen molar-refractivity contribution in [3.05, 3.63) is 0 Å². The minimum atomic E-state index is -1.09. The summed E-state index contributed by atoms with van der Waals surface area (Å²) in [6.07, 6.45) is 2.19. The summed E-state index contributed by atoms with van der Waals surface area (Å²) in [5.74, 6) is -0.808. The Labute approximate surface area is 104 Å². The van der Waals surface area contributed by atoms with Crippen molar-refractivity contribution >= 4 is 29.7 Å². The highest BCUT2D eigenvalue weighted by Gasteiger charge is 2.19. The van der Waals surface area contributed by atoms with Gasteiger partial charge in [0.25, 0.3) is 0 Å². The molecule has 0 spiro atoms. The smallest absolute Gasteiger partial charge is 0.326 e. The Balaban J connectivity index is 4.03. The molecular weight excluding hydrogens is 246 g/mol. The van der Waals surface area contributed by atoms with E-state index < -0.39 is 18.0 Å². The quantitative estimate of drug-likeness (QED) is 0.483. The number of carboxylic acids is 1. The number of carbonyl (C=O) groups is 3. The van der Waals surface area contributed by atoms with Crippen molar-refractivity contribution in [2.45, 2.75) is 12.5 Å². The Morgan fingerprint density at radius 2 is 2.00 bits per heavy atom.